The third kappa shape index (κ3) is 3.98. The molecule has 4 heteroatoms. The normalized spacial score (nSPS) is 10.2. The number of benzene rings is 1. The van der Waals surface area contributed by atoms with E-state index in [9.17, 15) is 9.18 Å². The molecule has 0 fully saturated rings. The van der Waals surface area contributed by atoms with E-state index in [4.69, 9.17) is 0 Å². The van der Waals surface area contributed by atoms with E-state index in [2.05, 4.69) is 10.6 Å². The van der Waals surface area contributed by atoms with Gasteiger partial charge in [0.15, 0.2) is 0 Å². The van der Waals surface area contributed by atoms with Crippen molar-refractivity contribution in [3.63, 3.8) is 0 Å². The van der Waals surface area contributed by atoms with Gasteiger partial charge in [0.2, 0.25) is 0 Å². The molecule has 0 radical (unpaired) electrons. The van der Waals surface area contributed by atoms with Crippen molar-refractivity contribution in [2.45, 2.75) is 13.3 Å². The first-order valence-corrected chi connectivity index (χ1v) is 5.33. The summed E-state index contributed by atoms with van der Waals surface area (Å²) in [5.74, 6) is -0.598. The van der Waals surface area contributed by atoms with E-state index in [1.54, 1.807) is 13.0 Å². The number of hydrogen-bond acceptors (Lipinski definition) is 2. The molecule has 0 aliphatic carbocycles. The minimum atomic E-state index is -0.375. The molecule has 0 heterocycles. The van der Waals surface area contributed by atoms with Gasteiger partial charge >= 0.3 is 0 Å². The van der Waals surface area contributed by atoms with Crippen molar-refractivity contribution >= 4 is 5.91 Å². The van der Waals surface area contributed by atoms with Gasteiger partial charge in [-0.25, -0.2) is 4.39 Å². The number of carbonyl (C=O) groups is 1. The number of amides is 1. The topological polar surface area (TPSA) is 41.1 Å². The summed E-state index contributed by atoms with van der Waals surface area (Å²) < 4.78 is 13.0. The van der Waals surface area contributed by atoms with Crippen LogP contribution < -0.4 is 10.6 Å². The second-order valence-electron chi connectivity index (χ2n) is 3.73. The van der Waals surface area contributed by atoms with Crippen molar-refractivity contribution in [2.24, 2.45) is 0 Å². The third-order valence-electron chi connectivity index (χ3n) is 2.19. The summed E-state index contributed by atoms with van der Waals surface area (Å²) in [4.78, 5) is 11.6. The fourth-order valence-electron chi connectivity index (χ4n) is 1.44. The highest BCUT2D eigenvalue weighted by atomic mass is 19.1. The monoisotopic (exact) mass is 224 g/mol. The van der Waals surface area contributed by atoms with Crippen LogP contribution in [0.1, 0.15) is 22.3 Å². The molecule has 0 unspecified atom stereocenters. The van der Waals surface area contributed by atoms with Crippen molar-refractivity contribution in [2.75, 3.05) is 20.1 Å². The minimum absolute atomic E-state index is 0.223. The van der Waals surface area contributed by atoms with Gasteiger partial charge in [-0.3, -0.25) is 4.79 Å². The van der Waals surface area contributed by atoms with E-state index in [-0.39, 0.29) is 11.7 Å². The van der Waals surface area contributed by atoms with E-state index in [0.29, 0.717) is 12.1 Å². The molecule has 0 aliphatic rings. The van der Waals surface area contributed by atoms with Crippen molar-refractivity contribution in [1.29, 1.82) is 0 Å². The van der Waals surface area contributed by atoms with E-state index >= 15 is 0 Å². The van der Waals surface area contributed by atoms with Crippen LogP contribution in [0.25, 0.3) is 0 Å². The predicted octanol–water partition coefficient (Wildman–Crippen LogP) is 1.47. The van der Waals surface area contributed by atoms with Crippen molar-refractivity contribution in [3.8, 4) is 0 Å². The van der Waals surface area contributed by atoms with Crippen molar-refractivity contribution < 1.29 is 9.18 Å². The summed E-state index contributed by atoms with van der Waals surface area (Å²) in [5, 5.41) is 5.73. The van der Waals surface area contributed by atoms with Gasteiger partial charge in [0.1, 0.15) is 5.82 Å². The van der Waals surface area contributed by atoms with Crippen LogP contribution in [0, 0.1) is 12.7 Å². The summed E-state index contributed by atoms with van der Waals surface area (Å²) >= 11 is 0. The van der Waals surface area contributed by atoms with Crippen molar-refractivity contribution in [3.05, 3.63) is 35.1 Å². The van der Waals surface area contributed by atoms with Crippen molar-refractivity contribution in [1.82, 2.24) is 10.6 Å². The molecular formula is C12H17FN2O. The maximum atomic E-state index is 13.0. The summed E-state index contributed by atoms with van der Waals surface area (Å²) in [6.45, 7) is 3.21. The zero-order valence-corrected chi connectivity index (χ0v) is 9.64. The minimum Gasteiger partial charge on any atom is -0.352 e. The maximum Gasteiger partial charge on any atom is 0.251 e. The average molecular weight is 224 g/mol. The summed E-state index contributed by atoms with van der Waals surface area (Å²) in [6.07, 6.45) is 0.858. The van der Waals surface area contributed by atoms with E-state index < -0.39 is 0 Å². The fourth-order valence-corrected chi connectivity index (χ4v) is 1.44. The number of nitrogens with one attached hydrogen (secondary N) is 2. The van der Waals surface area contributed by atoms with E-state index in [1.165, 1.54) is 12.1 Å². The zero-order valence-electron chi connectivity index (χ0n) is 9.64. The lowest BCUT2D eigenvalue weighted by molar-refractivity contribution is 0.0952. The first-order chi connectivity index (χ1) is 7.63. The maximum absolute atomic E-state index is 13.0. The van der Waals surface area contributed by atoms with Gasteiger partial charge in [-0.1, -0.05) is 0 Å². The van der Waals surface area contributed by atoms with Gasteiger partial charge in [0.05, 0.1) is 0 Å². The first kappa shape index (κ1) is 12.6. The number of rotatable bonds is 5. The SMILES string of the molecule is CNCCCNC(=O)c1cc(C)cc(F)c1. The highest BCUT2D eigenvalue weighted by molar-refractivity contribution is 5.94. The van der Waals surface area contributed by atoms with Crippen LogP contribution in [-0.2, 0) is 0 Å². The molecule has 1 aromatic carbocycles. The molecule has 0 spiro atoms. The van der Waals surface area contributed by atoms with E-state index in [0.717, 1.165) is 18.5 Å². The number of halogens is 1. The lowest BCUT2D eigenvalue weighted by atomic mass is 10.1. The van der Waals surface area contributed by atoms with Crippen LogP contribution in [0.2, 0.25) is 0 Å². The van der Waals surface area contributed by atoms with Gasteiger partial charge in [-0.2, -0.15) is 0 Å². The Morgan fingerprint density at radius 2 is 2.06 bits per heavy atom. The molecule has 88 valence electrons. The first-order valence-electron chi connectivity index (χ1n) is 5.33. The summed E-state index contributed by atoms with van der Waals surface area (Å²) in [6, 6.07) is 4.33. The second-order valence-corrected chi connectivity index (χ2v) is 3.73. The second kappa shape index (κ2) is 6.23. The molecule has 1 rings (SSSR count). The Kier molecular flexibility index (Phi) is 4.92. The Labute approximate surface area is 95.0 Å². The van der Waals surface area contributed by atoms with Crippen LogP contribution in [0.4, 0.5) is 4.39 Å². The van der Waals surface area contributed by atoms with Crippen LogP contribution >= 0.6 is 0 Å². The highest BCUT2D eigenvalue weighted by Gasteiger charge is 2.06. The quantitative estimate of drug-likeness (QED) is 0.744. The molecule has 0 saturated carbocycles. The highest BCUT2D eigenvalue weighted by Crippen LogP contribution is 2.07. The molecule has 2 N–H and O–H groups in total. The van der Waals surface area contributed by atoms with Gasteiger partial charge < -0.3 is 10.6 Å². The van der Waals surface area contributed by atoms with Gasteiger partial charge in [0.25, 0.3) is 5.91 Å². The van der Waals surface area contributed by atoms with Gasteiger partial charge in [-0.05, 0) is 50.7 Å². The Hall–Kier alpha value is -1.42. The summed E-state index contributed by atoms with van der Waals surface area (Å²) in [5.41, 5.74) is 1.13. The van der Waals surface area contributed by atoms with Crippen LogP contribution in [0.5, 0.6) is 0 Å². The van der Waals surface area contributed by atoms with Crippen LogP contribution in [-0.4, -0.2) is 26.0 Å². The number of aryl methyl sites for hydroxylation is 1. The third-order valence-corrected chi connectivity index (χ3v) is 2.19. The number of carbonyl (C=O) groups excluding carboxylic acids is 1. The van der Waals surface area contributed by atoms with Crippen LogP contribution in [0.15, 0.2) is 18.2 Å². The molecule has 0 atom stereocenters. The Balaban J connectivity index is 2.52. The van der Waals surface area contributed by atoms with Crippen LogP contribution in [0.3, 0.4) is 0 Å². The molecule has 1 aromatic rings. The molecule has 3 nitrogen and oxygen atoms in total. The molecule has 1 amide bonds. The molecule has 0 aromatic heterocycles. The fraction of sp³-hybridized carbons (Fsp3) is 0.417. The molecule has 0 aliphatic heterocycles. The standard InChI is InChI=1S/C12H17FN2O/c1-9-6-10(8-11(13)7-9)12(16)15-5-3-4-14-2/h6-8,14H,3-5H2,1-2H3,(H,15,16). The molecule has 0 bridgehead atoms. The predicted molar refractivity (Wildman–Crippen MR) is 62.0 cm³/mol. The Morgan fingerprint density at radius 1 is 1.31 bits per heavy atom. The Bertz CT molecular complexity index is 346. The average Bonchev–Trinajstić information content (AvgIpc) is 2.22. The lowest BCUT2D eigenvalue weighted by Gasteiger charge is -2.06. The number of hydrogen-bond donors (Lipinski definition) is 2. The zero-order chi connectivity index (χ0) is 12.0. The molecule has 16 heavy (non-hydrogen) atoms. The summed E-state index contributed by atoms with van der Waals surface area (Å²) in [7, 11) is 1.86. The molecule has 0 saturated heterocycles. The lowest BCUT2D eigenvalue weighted by Crippen LogP contribution is -2.26. The van der Waals surface area contributed by atoms with E-state index in [1.807, 2.05) is 7.05 Å². The smallest absolute Gasteiger partial charge is 0.251 e. The van der Waals surface area contributed by atoms with Gasteiger partial charge in [0, 0.05) is 12.1 Å². The molecular weight excluding hydrogens is 207 g/mol. The largest absolute Gasteiger partial charge is 0.352 e. The Morgan fingerprint density at radius 3 is 2.69 bits per heavy atom. The van der Waals surface area contributed by atoms with Gasteiger partial charge in [-0.15, -0.1) is 0 Å².